The first-order valence-electron chi connectivity index (χ1n) is 4.04. The molecule has 2 heterocycles. The van der Waals surface area contributed by atoms with E-state index in [1.54, 1.807) is 12.5 Å². The van der Waals surface area contributed by atoms with Crippen LogP contribution in [0.2, 0.25) is 0 Å². The fourth-order valence-corrected chi connectivity index (χ4v) is 1.25. The quantitative estimate of drug-likeness (QED) is 0.724. The van der Waals surface area contributed by atoms with Crippen LogP contribution in [0.4, 0.5) is 0 Å². The molecule has 0 aliphatic carbocycles. The lowest BCUT2D eigenvalue weighted by molar-refractivity contribution is 0.886. The number of nitrogens with one attached hydrogen (secondary N) is 1. The fraction of sp³-hybridized carbons (Fsp3) is 0.375. The van der Waals surface area contributed by atoms with Gasteiger partial charge in [-0.15, -0.1) is 0 Å². The summed E-state index contributed by atoms with van der Waals surface area (Å²) in [5.74, 6) is 0. The zero-order valence-electron chi connectivity index (χ0n) is 6.91. The molecule has 0 aliphatic rings. The summed E-state index contributed by atoms with van der Waals surface area (Å²) in [7, 11) is 0. The zero-order valence-corrected chi connectivity index (χ0v) is 6.91. The molecule has 2 aromatic heterocycles. The highest BCUT2D eigenvalue weighted by Gasteiger charge is 2.02. The maximum absolute atomic E-state index is 4.20. The largest absolute Gasteiger partial charge is 0.261 e. The van der Waals surface area contributed by atoms with Crippen molar-refractivity contribution >= 4 is 11.0 Å². The predicted molar refractivity (Wildman–Crippen MR) is 45.7 cm³/mol. The van der Waals surface area contributed by atoms with E-state index < -0.39 is 0 Å². The molecule has 0 unspecified atom stereocenters. The van der Waals surface area contributed by atoms with E-state index in [-0.39, 0.29) is 0 Å². The van der Waals surface area contributed by atoms with Crippen molar-refractivity contribution in [2.24, 2.45) is 0 Å². The van der Waals surface area contributed by atoms with Gasteiger partial charge in [0.05, 0.1) is 17.3 Å². The molecule has 0 bridgehead atoms. The summed E-state index contributed by atoms with van der Waals surface area (Å²) in [6, 6.07) is 0. The van der Waals surface area contributed by atoms with Crippen LogP contribution in [0.1, 0.15) is 19.0 Å². The Morgan fingerprint density at radius 2 is 2.33 bits per heavy atom. The Morgan fingerprint density at radius 3 is 3.17 bits per heavy atom. The highest BCUT2D eigenvalue weighted by atomic mass is 15.1. The lowest BCUT2D eigenvalue weighted by Gasteiger charge is -1.96. The molecule has 0 atom stereocenters. The lowest BCUT2D eigenvalue weighted by atomic mass is 10.2. The molecule has 0 saturated heterocycles. The van der Waals surface area contributed by atoms with Gasteiger partial charge in [-0.1, -0.05) is 13.3 Å². The van der Waals surface area contributed by atoms with E-state index in [1.165, 1.54) is 0 Å². The summed E-state index contributed by atoms with van der Waals surface area (Å²) < 4.78 is 0. The normalized spacial score (nSPS) is 10.8. The summed E-state index contributed by atoms with van der Waals surface area (Å²) in [6.45, 7) is 2.13. The highest BCUT2D eigenvalue weighted by Crippen LogP contribution is 2.11. The van der Waals surface area contributed by atoms with Gasteiger partial charge in [0.1, 0.15) is 6.33 Å². The first kappa shape index (κ1) is 7.21. The zero-order chi connectivity index (χ0) is 8.39. The first-order chi connectivity index (χ1) is 5.92. The SMILES string of the molecule is CCCc1ncnc2[nH]ncc12. The van der Waals surface area contributed by atoms with Crippen molar-refractivity contribution in [3.05, 3.63) is 18.2 Å². The van der Waals surface area contributed by atoms with Gasteiger partial charge < -0.3 is 0 Å². The molecular weight excluding hydrogens is 152 g/mol. The molecule has 0 aliphatic heterocycles. The maximum Gasteiger partial charge on any atom is 0.158 e. The Balaban J connectivity index is 2.57. The smallest absolute Gasteiger partial charge is 0.158 e. The number of aromatic amines is 1. The average molecular weight is 162 g/mol. The van der Waals surface area contributed by atoms with E-state index in [1.807, 2.05) is 0 Å². The summed E-state index contributed by atoms with van der Waals surface area (Å²) in [4.78, 5) is 8.25. The second-order valence-corrected chi connectivity index (χ2v) is 2.70. The first-order valence-corrected chi connectivity index (χ1v) is 4.04. The molecule has 12 heavy (non-hydrogen) atoms. The second kappa shape index (κ2) is 2.89. The molecule has 4 nitrogen and oxygen atoms in total. The summed E-state index contributed by atoms with van der Waals surface area (Å²) in [5.41, 5.74) is 1.91. The van der Waals surface area contributed by atoms with Crippen LogP contribution in [0.5, 0.6) is 0 Å². The number of H-pyrrole nitrogens is 1. The minimum absolute atomic E-state index is 0.827. The van der Waals surface area contributed by atoms with Crippen molar-refractivity contribution in [2.75, 3.05) is 0 Å². The van der Waals surface area contributed by atoms with Gasteiger partial charge in [0.15, 0.2) is 5.65 Å². The summed E-state index contributed by atoms with van der Waals surface area (Å²) in [6.07, 6.45) is 5.43. The predicted octanol–water partition coefficient (Wildman–Crippen LogP) is 1.31. The molecule has 0 radical (unpaired) electrons. The van der Waals surface area contributed by atoms with Crippen LogP contribution in [-0.4, -0.2) is 20.2 Å². The summed E-state index contributed by atoms with van der Waals surface area (Å²) >= 11 is 0. The number of hydrogen-bond donors (Lipinski definition) is 1. The Morgan fingerprint density at radius 1 is 1.42 bits per heavy atom. The molecule has 1 N–H and O–H groups in total. The Labute approximate surface area is 70.0 Å². The van der Waals surface area contributed by atoms with Crippen molar-refractivity contribution in [1.82, 2.24) is 20.2 Å². The van der Waals surface area contributed by atoms with Crippen molar-refractivity contribution in [2.45, 2.75) is 19.8 Å². The van der Waals surface area contributed by atoms with E-state index in [4.69, 9.17) is 0 Å². The van der Waals surface area contributed by atoms with Crippen LogP contribution in [0, 0.1) is 0 Å². The van der Waals surface area contributed by atoms with Gasteiger partial charge in [0.2, 0.25) is 0 Å². The lowest BCUT2D eigenvalue weighted by Crippen LogP contribution is -1.90. The molecule has 4 heteroatoms. The van der Waals surface area contributed by atoms with E-state index in [0.717, 1.165) is 29.6 Å². The Bertz CT molecular complexity index is 379. The van der Waals surface area contributed by atoms with Crippen LogP contribution in [-0.2, 0) is 6.42 Å². The van der Waals surface area contributed by atoms with Crippen LogP contribution in [0.15, 0.2) is 12.5 Å². The minimum atomic E-state index is 0.827. The van der Waals surface area contributed by atoms with Gasteiger partial charge >= 0.3 is 0 Å². The number of nitrogens with zero attached hydrogens (tertiary/aromatic N) is 3. The number of aromatic nitrogens is 4. The minimum Gasteiger partial charge on any atom is -0.261 e. The van der Waals surface area contributed by atoms with Crippen LogP contribution >= 0.6 is 0 Å². The maximum atomic E-state index is 4.20. The van der Waals surface area contributed by atoms with E-state index in [0.29, 0.717) is 0 Å². The van der Waals surface area contributed by atoms with Crippen molar-refractivity contribution in [3.63, 3.8) is 0 Å². The van der Waals surface area contributed by atoms with Crippen molar-refractivity contribution in [1.29, 1.82) is 0 Å². The number of rotatable bonds is 2. The molecule has 0 spiro atoms. The molecule has 0 amide bonds. The molecule has 62 valence electrons. The third-order valence-corrected chi connectivity index (χ3v) is 1.82. The molecule has 0 fully saturated rings. The Hall–Kier alpha value is -1.45. The van der Waals surface area contributed by atoms with Crippen LogP contribution in [0.3, 0.4) is 0 Å². The number of aryl methyl sites for hydroxylation is 1. The van der Waals surface area contributed by atoms with Crippen molar-refractivity contribution in [3.8, 4) is 0 Å². The van der Waals surface area contributed by atoms with Gasteiger partial charge in [-0.2, -0.15) is 5.10 Å². The number of hydrogen-bond acceptors (Lipinski definition) is 3. The second-order valence-electron chi connectivity index (χ2n) is 2.70. The monoisotopic (exact) mass is 162 g/mol. The molecule has 0 aromatic carbocycles. The standard InChI is InChI=1S/C8H10N4/c1-2-3-7-6-4-11-12-8(6)10-5-9-7/h4-5H,2-3H2,1H3,(H,9,10,11,12). The highest BCUT2D eigenvalue weighted by molar-refractivity contribution is 5.75. The topological polar surface area (TPSA) is 54.5 Å². The van der Waals surface area contributed by atoms with E-state index in [2.05, 4.69) is 27.1 Å². The van der Waals surface area contributed by atoms with Gasteiger partial charge in [-0.3, -0.25) is 5.10 Å². The summed E-state index contributed by atoms with van der Waals surface area (Å²) in [5, 5.41) is 7.78. The number of fused-ring (bicyclic) bond motifs is 1. The molecule has 2 aromatic rings. The Kier molecular flexibility index (Phi) is 1.74. The average Bonchev–Trinajstić information content (AvgIpc) is 2.53. The third kappa shape index (κ3) is 1.05. The van der Waals surface area contributed by atoms with Crippen LogP contribution in [0.25, 0.3) is 11.0 Å². The van der Waals surface area contributed by atoms with Gasteiger partial charge in [0.25, 0.3) is 0 Å². The van der Waals surface area contributed by atoms with E-state index >= 15 is 0 Å². The van der Waals surface area contributed by atoms with Gasteiger partial charge in [0, 0.05) is 0 Å². The van der Waals surface area contributed by atoms with E-state index in [9.17, 15) is 0 Å². The van der Waals surface area contributed by atoms with Gasteiger partial charge in [-0.05, 0) is 6.42 Å². The van der Waals surface area contributed by atoms with Crippen LogP contribution < -0.4 is 0 Å². The van der Waals surface area contributed by atoms with Gasteiger partial charge in [-0.25, -0.2) is 9.97 Å². The van der Waals surface area contributed by atoms with Crippen molar-refractivity contribution < 1.29 is 0 Å². The molecule has 0 saturated carbocycles. The molecular formula is C8H10N4. The fourth-order valence-electron chi connectivity index (χ4n) is 1.25. The molecule has 2 rings (SSSR count). The third-order valence-electron chi connectivity index (χ3n) is 1.82.